The van der Waals surface area contributed by atoms with Crippen LogP contribution in [0.25, 0.3) is 0 Å². The van der Waals surface area contributed by atoms with Crippen LogP contribution in [0.4, 0.5) is 0 Å². The van der Waals surface area contributed by atoms with Crippen LogP contribution < -0.4 is 5.32 Å². The van der Waals surface area contributed by atoms with E-state index in [-0.39, 0.29) is 11.8 Å². The van der Waals surface area contributed by atoms with Crippen molar-refractivity contribution in [2.24, 2.45) is 5.92 Å². The van der Waals surface area contributed by atoms with E-state index in [2.05, 4.69) is 26.1 Å². The maximum atomic E-state index is 12.3. The molecule has 2 heterocycles. The molecule has 1 aromatic rings. The largest absolute Gasteiger partial charge is 0.351 e. The first kappa shape index (κ1) is 19.0. The molecule has 0 spiro atoms. The fourth-order valence-corrected chi connectivity index (χ4v) is 4.53. The fourth-order valence-electron chi connectivity index (χ4n) is 3.26. The molecule has 24 heavy (non-hydrogen) atoms. The highest BCUT2D eigenvalue weighted by atomic mass is 32.1. The van der Waals surface area contributed by atoms with Crippen LogP contribution in [0.2, 0.25) is 0 Å². The van der Waals surface area contributed by atoms with Crippen LogP contribution in [0.5, 0.6) is 0 Å². The Bertz CT molecular complexity index is 568. The number of rotatable bonds is 7. The van der Waals surface area contributed by atoms with Gasteiger partial charge in [0.2, 0.25) is 5.91 Å². The second-order valence-electron chi connectivity index (χ2n) is 6.76. The summed E-state index contributed by atoms with van der Waals surface area (Å²) < 4.78 is 0. The van der Waals surface area contributed by atoms with Crippen molar-refractivity contribution in [1.29, 1.82) is 0 Å². The standard InChI is InChI=1S/C19H30N2O2S/c1-4-7-16-15(5-2)12-17(24-16)19(23)20-10-9-18(22)21-11-6-8-14(3)13-21/h12,14H,4-11,13H2,1-3H3,(H,20,23). The van der Waals surface area contributed by atoms with E-state index in [1.807, 2.05) is 11.0 Å². The predicted octanol–water partition coefficient (Wildman–Crippen LogP) is 3.64. The van der Waals surface area contributed by atoms with E-state index in [1.54, 1.807) is 11.3 Å². The fraction of sp³-hybridized carbons (Fsp3) is 0.684. The summed E-state index contributed by atoms with van der Waals surface area (Å²) in [6.45, 7) is 8.62. The molecule has 1 fully saturated rings. The Balaban J connectivity index is 1.81. The molecule has 0 aliphatic carbocycles. The van der Waals surface area contributed by atoms with Gasteiger partial charge >= 0.3 is 0 Å². The number of carbonyl (C=O) groups is 2. The van der Waals surface area contributed by atoms with Crippen LogP contribution in [0.1, 0.15) is 66.6 Å². The van der Waals surface area contributed by atoms with Gasteiger partial charge in [-0.2, -0.15) is 0 Å². The molecule has 1 aliphatic rings. The van der Waals surface area contributed by atoms with Crippen LogP contribution in [0, 0.1) is 5.92 Å². The minimum absolute atomic E-state index is 0.0446. The van der Waals surface area contributed by atoms with Crippen molar-refractivity contribution in [2.45, 2.75) is 59.3 Å². The number of hydrogen-bond acceptors (Lipinski definition) is 3. The monoisotopic (exact) mass is 350 g/mol. The van der Waals surface area contributed by atoms with Gasteiger partial charge in [-0.3, -0.25) is 9.59 Å². The van der Waals surface area contributed by atoms with Crippen molar-refractivity contribution in [3.63, 3.8) is 0 Å². The Morgan fingerprint density at radius 2 is 2.17 bits per heavy atom. The summed E-state index contributed by atoms with van der Waals surface area (Å²) in [6.07, 6.45) is 5.79. The van der Waals surface area contributed by atoms with Crippen molar-refractivity contribution < 1.29 is 9.59 Å². The second kappa shape index (κ2) is 9.21. The van der Waals surface area contributed by atoms with Gasteiger partial charge in [0.05, 0.1) is 4.88 Å². The molecule has 1 saturated heterocycles. The summed E-state index contributed by atoms with van der Waals surface area (Å²) in [4.78, 5) is 28.6. The van der Waals surface area contributed by atoms with E-state index >= 15 is 0 Å². The summed E-state index contributed by atoms with van der Waals surface area (Å²) >= 11 is 1.60. The Hall–Kier alpha value is -1.36. The summed E-state index contributed by atoms with van der Waals surface area (Å²) in [5.41, 5.74) is 1.28. The Labute approximate surface area is 149 Å². The molecule has 0 saturated carbocycles. The van der Waals surface area contributed by atoms with Crippen molar-refractivity contribution in [3.8, 4) is 0 Å². The van der Waals surface area contributed by atoms with Crippen LogP contribution in [-0.2, 0) is 17.6 Å². The number of piperidine rings is 1. The summed E-state index contributed by atoms with van der Waals surface area (Å²) in [7, 11) is 0. The van der Waals surface area contributed by atoms with E-state index in [9.17, 15) is 9.59 Å². The summed E-state index contributed by atoms with van der Waals surface area (Å²) in [5, 5.41) is 2.91. The van der Waals surface area contributed by atoms with Gasteiger partial charge in [-0.1, -0.05) is 27.2 Å². The van der Waals surface area contributed by atoms with E-state index in [0.29, 0.717) is 18.9 Å². The van der Waals surface area contributed by atoms with Crippen LogP contribution in [0.3, 0.4) is 0 Å². The topological polar surface area (TPSA) is 49.4 Å². The van der Waals surface area contributed by atoms with Gasteiger partial charge in [-0.25, -0.2) is 0 Å². The van der Waals surface area contributed by atoms with Gasteiger partial charge < -0.3 is 10.2 Å². The molecule has 134 valence electrons. The predicted molar refractivity (Wildman–Crippen MR) is 99.6 cm³/mol. The molecule has 1 aliphatic heterocycles. The lowest BCUT2D eigenvalue weighted by Gasteiger charge is -2.31. The Morgan fingerprint density at radius 3 is 2.83 bits per heavy atom. The first-order chi connectivity index (χ1) is 11.5. The quantitative estimate of drug-likeness (QED) is 0.816. The zero-order valence-electron chi connectivity index (χ0n) is 15.2. The normalized spacial score (nSPS) is 17.8. The number of carbonyl (C=O) groups excluding carboxylic acids is 2. The van der Waals surface area contributed by atoms with Crippen LogP contribution >= 0.6 is 11.3 Å². The highest BCUT2D eigenvalue weighted by molar-refractivity contribution is 7.14. The molecular weight excluding hydrogens is 320 g/mol. The Morgan fingerprint density at radius 1 is 1.38 bits per heavy atom. The number of likely N-dealkylation sites (tertiary alicyclic amines) is 1. The maximum absolute atomic E-state index is 12.3. The van der Waals surface area contributed by atoms with Crippen molar-refractivity contribution in [1.82, 2.24) is 10.2 Å². The average Bonchev–Trinajstić information content (AvgIpc) is 2.98. The zero-order valence-corrected chi connectivity index (χ0v) is 16.0. The molecule has 2 rings (SSSR count). The van der Waals surface area contributed by atoms with Crippen molar-refractivity contribution >= 4 is 23.2 Å². The number of nitrogens with one attached hydrogen (secondary N) is 1. The van der Waals surface area contributed by atoms with Crippen LogP contribution in [0.15, 0.2) is 6.07 Å². The number of nitrogens with zero attached hydrogens (tertiary/aromatic N) is 1. The second-order valence-corrected chi connectivity index (χ2v) is 7.89. The zero-order chi connectivity index (χ0) is 17.5. The smallest absolute Gasteiger partial charge is 0.261 e. The third-order valence-electron chi connectivity index (χ3n) is 4.61. The first-order valence-corrected chi connectivity index (χ1v) is 10.0. The molecule has 1 N–H and O–H groups in total. The molecule has 0 radical (unpaired) electrons. The molecular formula is C19H30N2O2S. The van der Waals surface area contributed by atoms with Crippen molar-refractivity contribution in [3.05, 3.63) is 21.4 Å². The molecule has 1 atom stereocenters. The van der Waals surface area contributed by atoms with Gasteiger partial charge in [-0.05, 0) is 43.2 Å². The molecule has 4 nitrogen and oxygen atoms in total. The molecule has 2 amide bonds. The highest BCUT2D eigenvalue weighted by Gasteiger charge is 2.21. The molecule has 5 heteroatoms. The number of hydrogen-bond donors (Lipinski definition) is 1. The number of thiophene rings is 1. The molecule has 0 aromatic carbocycles. The lowest BCUT2D eigenvalue weighted by Crippen LogP contribution is -2.40. The third kappa shape index (κ3) is 5.07. The molecule has 0 bridgehead atoms. The van der Waals surface area contributed by atoms with Crippen LogP contribution in [-0.4, -0.2) is 36.3 Å². The van der Waals surface area contributed by atoms with E-state index in [0.717, 1.165) is 43.6 Å². The maximum Gasteiger partial charge on any atom is 0.261 e. The highest BCUT2D eigenvalue weighted by Crippen LogP contribution is 2.24. The summed E-state index contributed by atoms with van der Waals surface area (Å²) in [5.74, 6) is 0.707. The van der Waals surface area contributed by atoms with Gasteiger partial charge in [0.25, 0.3) is 5.91 Å². The van der Waals surface area contributed by atoms with Crippen molar-refractivity contribution in [2.75, 3.05) is 19.6 Å². The van der Waals surface area contributed by atoms with Gasteiger partial charge in [0, 0.05) is 30.9 Å². The minimum atomic E-state index is -0.0446. The molecule has 1 unspecified atom stereocenters. The summed E-state index contributed by atoms with van der Waals surface area (Å²) in [6, 6.07) is 2.01. The van der Waals surface area contributed by atoms with Gasteiger partial charge in [0.15, 0.2) is 0 Å². The SMILES string of the molecule is CCCc1sc(C(=O)NCCC(=O)N2CCCC(C)C2)cc1CC. The lowest BCUT2D eigenvalue weighted by atomic mass is 10.00. The molecule has 1 aromatic heterocycles. The first-order valence-electron chi connectivity index (χ1n) is 9.22. The van der Waals surface area contributed by atoms with E-state index in [4.69, 9.17) is 0 Å². The van der Waals surface area contributed by atoms with Gasteiger partial charge in [-0.15, -0.1) is 11.3 Å². The van der Waals surface area contributed by atoms with E-state index < -0.39 is 0 Å². The average molecular weight is 351 g/mol. The van der Waals surface area contributed by atoms with E-state index in [1.165, 1.54) is 16.9 Å². The lowest BCUT2D eigenvalue weighted by molar-refractivity contribution is -0.132. The Kier molecular flexibility index (Phi) is 7.28. The third-order valence-corrected chi connectivity index (χ3v) is 5.85. The minimum Gasteiger partial charge on any atom is -0.351 e. The van der Waals surface area contributed by atoms with Gasteiger partial charge in [0.1, 0.15) is 0 Å². The number of aryl methyl sites for hydroxylation is 2. The number of amides is 2.